The third-order valence-corrected chi connectivity index (χ3v) is 3.85. The molecule has 0 bridgehead atoms. The van der Waals surface area contributed by atoms with Gasteiger partial charge < -0.3 is 0 Å². The Morgan fingerprint density at radius 1 is 1.47 bits per heavy atom. The third-order valence-electron chi connectivity index (χ3n) is 2.92. The average Bonchev–Trinajstić information content (AvgIpc) is 2.72. The van der Waals surface area contributed by atoms with Crippen LogP contribution in [0.2, 0.25) is 0 Å². The quantitative estimate of drug-likeness (QED) is 0.913. The van der Waals surface area contributed by atoms with E-state index in [0.717, 1.165) is 17.0 Å². The van der Waals surface area contributed by atoms with Gasteiger partial charge in [0.1, 0.15) is 5.71 Å². The van der Waals surface area contributed by atoms with Crippen molar-refractivity contribution in [2.75, 3.05) is 12.4 Å². The number of hydrazone groups is 1. The summed E-state index contributed by atoms with van der Waals surface area (Å²) < 4.78 is 0. The number of thiazole rings is 1. The fraction of sp³-hybridized carbons (Fsp3) is 0.500. The topological polar surface area (TPSA) is 74.7 Å². The molecule has 1 aromatic heterocycles. The summed E-state index contributed by atoms with van der Waals surface area (Å²) >= 11 is 1.45. The average molecular weight is 280 g/mol. The van der Waals surface area contributed by atoms with Gasteiger partial charge in [-0.15, -0.1) is 11.3 Å². The smallest absolute Gasteiger partial charge is 0.273 e. The number of hydrogen-bond donors (Lipinski definition) is 1. The van der Waals surface area contributed by atoms with Crippen molar-refractivity contribution in [3.05, 3.63) is 10.6 Å². The highest BCUT2D eigenvalue weighted by Crippen LogP contribution is 2.22. The van der Waals surface area contributed by atoms with Gasteiger partial charge in [0.25, 0.3) is 5.91 Å². The Kier molecular flexibility index (Phi) is 3.94. The van der Waals surface area contributed by atoms with Crippen LogP contribution in [0.25, 0.3) is 0 Å². The number of amides is 2. The number of anilines is 1. The Hall–Kier alpha value is -1.76. The fourth-order valence-corrected chi connectivity index (χ4v) is 2.71. The minimum Gasteiger partial charge on any atom is -0.297 e. The van der Waals surface area contributed by atoms with Crippen LogP contribution in [-0.4, -0.2) is 34.6 Å². The first kappa shape index (κ1) is 13.7. The first-order chi connectivity index (χ1) is 9.01. The summed E-state index contributed by atoms with van der Waals surface area (Å²) in [4.78, 5) is 28.8. The van der Waals surface area contributed by atoms with Crippen molar-refractivity contribution in [2.24, 2.45) is 5.10 Å². The van der Waals surface area contributed by atoms with Gasteiger partial charge >= 0.3 is 0 Å². The molecule has 0 aliphatic carbocycles. The molecular weight excluding hydrogens is 264 g/mol. The number of aryl methyl sites for hydroxylation is 2. The Bertz CT molecular complexity index is 550. The highest BCUT2D eigenvalue weighted by molar-refractivity contribution is 7.15. The zero-order valence-electron chi connectivity index (χ0n) is 11.2. The van der Waals surface area contributed by atoms with Crippen molar-refractivity contribution in [3.8, 4) is 0 Å². The van der Waals surface area contributed by atoms with Gasteiger partial charge in [0.15, 0.2) is 5.13 Å². The van der Waals surface area contributed by atoms with Gasteiger partial charge in [0.05, 0.1) is 5.69 Å². The summed E-state index contributed by atoms with van der Waals surface area (Å²) in [5.41, 5.74) is 1.37. The molecule has 6 nitrogen and oxygen atoms in total. The third kappa shape index (κ3) is 2.98. The fourth-order valence-electron chi connectivity index (χ4n) is 1.81. The van der Waals surface area contributed by atoms with Crippen LogP contribution in [0.5, 0.6) is 0 Å². The van der Waals surface area contributed by atoms with E-state index in [0.29, 0.717) is 23.7 Å². The monoisotopic (exact) mass is 280 g/mol. The summed E-state index contributed by atoms with van der Waals surface area (Å²) in [5.74, 6) is -0.356. The Balaban J connectivity index is 2.08. The Labute approximate surface area is 115 Å². The maximum atomic E-state index is 12.0. The Morgan fingerprint density at radius 3 is 2.79 bits per heavy atom. The lowest BCUT2D eigenvalue weighted by atomic mass is 10.1. The maximum absolute atomic E-state index is 12.0. The van der Waals surface area contributed by atoms with E-state index in [1.54, 1.807) is 7.05 Å². The zero-order chi connectivity index (χ0) is 14.0. The first-order valence-electron chi connectivity index (χ1n) is 6.13. The van der Waals surface area contributed by atoms with Crippen LogP contribution in [0.4, 0.5) is 5.13 Å². The number of hydrogen-bond acceptors (Lipinski definition) is 5. The molecule has 1 aliphatic rings. The van der Waals surface area contributed by atoms with Crippen LogP contribution in [0.1, 0.15) is 30.3 Å². The molecule has 0 saturated heterocycles. The van der Waals surface area contributed by atoms with Gasteiger partial charge in [-0.25, -0.2) is 9.99 Å². The molecule has 0 fully saturated rings. The molecule has 0 saturated carbocycles. The summed E-state index contributed by atoms with van der Waals surface area (Å²) in [6.45, 7) is 4.01. The summed E-state index contributed by atoms with van der Waals surface area (Å²) in [7, 11) is 1.55. The van der Waals surface area contributed by atoms with Crippen LogP contribution >= 0.6 is 11.3 Å². The molecule has 2 rings (SSSR count). The molecule has 7 heteroatoms. The van der Waals surface area contributed by atoms with Gasteiger partial charge in [0, 0.05) is 24.8 Å². The second-order valence-corrected chi connectivity index (χ2v) is 5.50. The van der Waals surface area contributed by atoms with Crippen molar-refractivity contribution in [2.45, 2.75) is 33.1 Å². The lowest BCUT2D eigenvalue weighted by Crippen LogP contribution is -2.34. The van der Waals surface area contributed by atoms with E-state index in [1.807, 2.05) is 13.8 Å². The van der Waals surface area contributed by atoms with E-state index in [1.165, 1.54) is 16.3 Å². The second-order valence-electron chi connectivity index (χ2n) is 4.29. The summed E-state index contributed by atoms with van der Waals surface area (Å²) in [5, 5.41) is 8.51. The minimum absolute atomic E-state index is 0.0742. The highest BCUT2D eigenvalue weighted by Gasteiger charge is 2.22. The zero-order valence-corrected chi connectivity index (χ0v) is 12.0. The molecule has 1 aliphatic heterocycles. The van der Waals surface area contributed by atoms with Crippen molar-refractivity contribution in [1.82, 2.24) is 9.99 Å². The number of carbonyl (C=O) groups excluding carboxylic acids is 2. The molecule has 102 valence electrons. The molecule has 0 spiro atoms. The predicted octanol–water partition coefficient (Wildman–Crippen LogP) is 1.56. The van der Waals surface area contributed by atoms with Gasteiger partial charge in [-0.1, -0.05) is 6.92 Å². The minimum atomic E-state index is -0.282. The molecule has 0 unspecified atom stereocenters. The molecule has 0 radical (unpaired) electrons. The van der Waals surface area contributed by atoms with Crippen LogP contribution < -0.4 is 5.32 Å². The van der Waals surface area contributed by atoms with Crippen molar-refractivity contribution in [1.29, 1.82) is 0 Å². The number of rotatable bonds is 3. The normalized spacial score (nSPS) is 15.4. The van der Waals surface area contributed by atoms with Crippen molar-refractivity contribution >= 4 is 34.0 Å². The Morgan fingerprint density at radius 2 is 2.21 bits per heavy atom. The van der Waals surface area contributed by atoms with E-state index in [9.17, 15) is 9.59 Å². The maximum Gasteiger partial charge on any atom is 0.273 e. The molecule has 0 atom stereocenters. The van der Waals surface area contributed by atoms with E-state index >= 15 is 0 Å². The molecule has 2 amide bonds. The molecule has 0 aromatic carbocycles. The van der Waals surface area contributed by atoms with Crippen LogP contribution in [-0.2, 0) is 16.0 Å². The van der Waals surface area contributed by atoms with Crippen LogP contribution in [0.15, 0.2) is 5.10 Å². The highest BCUT2D eigenvalue weighted by atomic mass is 32.1. The van der Waals surface area contributed by atoms with E-state index in [2.05, 4.69) is 15.4 Å². The molecule has 1 N–H and O–H groups in total. The van der Waals surface area contributed by atoms with E-state index in [-0.39, 0.29) is 11.8 Å². The summed E-state index contributed by atoms with van der Waals surface area (Å²) in [6.07, 6.45) is 1.54. The molecule has 1 aromatic rings. The number of carbonyl (C=O) groups is 2. The van der Waals surface area contributed by atoms with Crippen LogP contribution in [0.3, 0.4) is 0 Å². The van der Waals surface area contributed by atoms with Crippen molar-refractivity contribution in [3.63, 3.8) is 0 Å². The second kappa shape index (κ2) is 5.48. The standard InChI is InChI=1S/C12H16N4O2S/c1-4-8-7(2)19-12(13-8)14-11(18)9-5-6-10(17)16(3)15-9/h4-6H2,1-3H3,(H,13,14,18). The predicted molar refractivity (Wildman–Crippen MR) is 74.3 cm³/mol. The number of nitrogens with zero attached hydrogens (tertiary/aromatic N) is 3. The number of nitrogens with one attached hydrogen (secondary N) is 1. The molecular formula is C12H16N4O2S. The SMILES string of the molecule is CCc1nc(NC(=O)C2=NN(C)C(=O)CC2)sc1C. The van der Waals surface area contributed by atoms with Crippen LogP contribution in [0, 0.1) is 6.92 Å². The summed E-state index contributed by atoms with van der Waals surface area (Å²) in [6, 6.07) is 0. The lowest BCUT2D eigenvalue weighted by molar-refractivity contribution is -0.130. The molecule has 2 heterocycles. The number of aromatic nitrogens is 1. The van der Waals surface area contributed by atoms with Crippen molar-refractivity contribution < 1.29 is 9.59 Å². The largest absolute Gasteiger partial charge is 0.297 e. The first-order valence-corrected chi connectivity index (χ1v) is 6.94. The van der Waals surface area contributed by atoms with E-state index < -0.39 is 0 Å². The molecule has 19 heavy (non-hydrogen) atoms. The van der Waals surface area contributed by atoms with Gasteiger partial charge in [-0.2, -0.15) is 5.10 Å². The van der Waals surface area contributed by atoms with Gasteiger partial charge in [-0.05, 0) is 13.3 Å². The van der Waals surface area contributed by atoms with E-state index in [4.69, 9.17) is 0 Å². The lowest BCUT2D eigenvalue weighted by Gasteiger charge is -2.18. The van der Waals surface area contributed by atoms with Gasteiger partial charge in [-0.3, -0.25) is 14.9 Å². The van der Waals surface area contributed by atoms with Gasteiger partial charge in [0.2, 0.25) is 5.91 Å².